The van der Waals surface area contributed by atoms with Crippen LogP contribution in [0.15, 0.2) is 48.5 Å². The van der Waals surface area contributed by atoms with Crippen molar-refractivity contribution in [1.82, 2.24) is 10.6 Å². The van der Waals surface area contributed by atoms with Gasteiger partial charge in [0.1, 0.15) is 5.75 Å². The number of benzene rings is 2. The highest BCUT2D eigenvalue weighted by atomic mass is 16.5. The van der Waals surface area contributed by atoms with Gasteiger partial charge in [-0.3, -0.25) is 9.59 Å². The lowest BCUT2D eigenvalue weighted by Gasteiger charge is -2.11. The highest BCUT2D eigenvalue weighted by Crippen LogP contribution is 2.17. The highest BCUT2D eigenvalue weighted by Gasteiger charge is 2.12. The Labute approximate surface area is 142 Å². The predicted molar refractivity (Wildman–Crippen MR) is 93.0 cm³/mol. The summed E-state index contributed by atoms with van der Waals surface area (Å²) in [5, 5.41) is 5.40. The quantitative estimate of drug-likeness (QED) is 0.821. The Bertz CT molecular complexity index is 713. The van der Waals surface area contributed by atoms with Crippen molar-refractivity contribution in [2.24, 2.45) is 0 Å². The van der Waals surface area contributed by atoms with Crippen LogP contribution in [0.2, 0.25) is 0 Å². The number of amides is 2. The van der Waals surface area contributed by atoms with E-state index in [0.29, 0.717) is 24.5 Å². The lowest BCUT2D eigenvalue weighted by atomic mass is 10.1. The van der Waals surface area contributed by atoms with Crippen molar-refractivity contribution in [3.63, 3.8) is 0 Å². The zero-order valence-corrected chi connectivity index (χ0v) is 14.0. The van der Waals surface area contributed by atoms with Gasteiger partial charge in [0, 0.05) is 6.54 Å². The second-order valence-electron chi connectivity index (χ2n) is 5.38. The molecule has 2 N–H and O–H groups in total. The second kappa shape index (κ2) is 8.72. The zero-order chi connectivity index (χ0) is 17.4. The summed E-state index contributed by atoms with van der Waals surface area (Å²) in [7, 11) is 0. The lowest BCUT2D eigenvalue weighted by molar-refractivity contribution is -0.120. The van der Waals surface area contributed by atoms with Crippen LogP contribution >= 0.6 is 0 Å². The smallest absolute Gasteiger partial charge is 0.255 e. The average molecular weight is 326 g/mol. The van der Waals surface area contributed by atoms with Crippen molar-refractivity contribution in [3.8, 4) is 5.75 Å². The van der Waals surface area contributed by atoms with Gasteiger partial charge >= 0.3 is 0 Å². The minimum atomic E-state index is -0.329. The van der Waals surface area contributed by atoms with Crippen molar-refractivity contribution in [1.29, 1.82) is 0 Å². The fraction of sp³-hybridized carbons (Fsp3) is 0.263. The van der Waals surface area contributed by atoms with E-state index in [1.165, 1.54) is 0 Å². The van der Waals surface area contributed by atoms with E-state index >= 15 is 0 Å². The molecule has 2 aromatic rings. The third kappa shape index (κ3) is 5.12. The summed E-state index contributed by atoms with van der Waals surface area (Å²) in [6.07, 6.45) is 0. The second-order valence-corrected chi connectivity index (χ2v) is 5.38. The average Bonchev–Trinajstić information content (AvgIpc) is 2.59. The molecule has 2 rings (SSSR count). The molecule has 0 fully saturated rings. The summed E-state index contributed by atoms with van der Waals surface area (Å²) >= 11 is 0. The molecule has 0 aliphatic rings. The third-order valence-corrected chi connectivity index (χ3v) is 3.41. The zero-order valence-electron chi connectivity index (χ0n) is 14.0. The molecule has 0 spiro atoms. The molecule has 5 nitrogen and oxygen atoms in total. The van der Waals surface area contributed by atoms with Crippen molar-refractivity contribution in [2.45, 2.75) is 20.4 Å². The molecule has 5 heteroatoms. The minimum Gasteiger partial charge on any atom is -0.493 e. The maximum atomic E-state index is 12.2. The Hall–Kier alpha value is -2.82. The van der Waals surface area contributed by atoms with Gasteiger partial charge < -0.3 is 15.4 Å². The van der Waals surface area contributed by atoms with E-state index in [4.69, 9.17) is 4.74 Å². The molecule has 0 aliphatic heterocycles. The van der Waals surface area contributed by atoms with Crippen LogP contribution in [0.1, 0.15) is 28.4 Å². The summed E-state index contributed by atoms with van der Waals surface area (Å²) in [6.45, 7) is 4.69. The summed E-state index contributed by atoms with van der Waals surface area (Å²) < 4.78 is 5.42. The van der Waals surface area contributed by atoms with Gasteiger partial charge in [-0.2, -0.15) is 0 Å². The number of ether oxygens (including phenoxy) is 1. The molecule has 0 aliphatic carbocycles. The Balaban J connectivity index is 1.84. The molecular weight excluding hydrogens is 304 g/mol. The largest absolute Gasteiger partial charge is 0.493 e. The van der Waals surface area contributed by atoms with E-state index in [-0.39, 0.29) is 18.4 Å². The van der Waals surface area contributed by atoms with Crippen LogP contribution in [0.25, 0.3) is 0 Å². The molecule has 0 atom stereocenters. The molecule has 0 unspecified atom stereocenters. The minimum absolute atomic E-state index is 0.0783. The molecule has 0 saturated carbocycles. The Morgan fingerprint density at radius 3 is 2.58 bits per heavy atom. The standard InChI is InChI=1S/C19H22N2O3/c1-3-24-17-10-5-4-9-16(17)19(23)21-13-18(22)20-12-15-8-6-7-14(2)11-15/h4-11H,3,12-13H2,1-2H3,(H,20,22)(H,21,23). The molecule has 0 heterocycles. The van der Waals surface area contributed by atoms with Gasteiger partial charge in [0.2, 0.25) is 5.91 Å². The van der Waals surface area contributed by atoms with E-state index in [2.05, 4.69) is 10.6 Å². The van der Waals surface area contributed by atoms with Gasteiger partial charge in [-0.15, -0.1) is 0 Å². The highest BCUT2D eigenvalue weighted by molar-refractivity contribution is 5.98. The maximum Gasteiger partial charge on any atom is 0.255 e. The first kappa shape index (κ1) is 17.5. The molecule has 126 valence electrons. The van der Waals surface area contributed by atoms with E-state index < -0.39 is 0 Å². The van der Waals surface area contributed by atoms with Gasteiger partial charge in [-0.05, 0) is 31.5 Å². The fourth-order valence-corrected chi connectivity index (χ4v) is 2.28. The Morgan fingerprint density at radius 2 is 1.83 bits per heavy atom. The van der Waals surface area contributed by atoms with Crippen molar-refractivity contribution in [3.05, 3.63) is 65.2 Å². The van der Waals surface area contributed by atoms with Gasteiger partial charge in [-0.25, -0.2) is 0 Å². The summed E-state index contributed by atoms with van der Waals surface area (Å²) in [5.41, 5.74) is 2.59. The summed E-state index contributed by atoms with van der Waals surface area (Å²) in [6, 6.07) is 14.9. The first-order valence-electron chi connectivity index (χ1n) is 7.92. The lowest BCUT2D eigenvalue weighted by Crippen LogP contribution is -2.36. The molecule has 0 saturated heterocycles. The monoisotopic (exact) mass is 326 g/mol. The molecule has 24 heavy (non-hydrogen) atoms. The molecule has 0 radical (unpaired) electrons. The predicted octanol–water partition coefficient (Wildman–Crippen LogP) is 2.44. The molecule has 0 bridgehead atoms. The van der Waals surface area contributed by atoms with Crippen LogP contribution in [0.5, 0.6) is 5.75 Å². The van der Waals surface area contributed by atoms with E-state index in [9.17, 15) is 9.59 Å². The Kier molecular flexibility index (Phi) is 6.37. The fourth-order valence-electron chi connectivity index (χ4n) is 2.28. The third-order valence-electron chi connectivity index (χ3n) is 3.41. The normalized spacial score (nSPS) is 10.1. The van der Waals surface area contributed by atoms with Gasteiger partial charge in [0.25, 0.3) is 5.91 Å². The van der Waals surface area contributed by atoms with Crippen LogP contribution in [0.3, 0.4) is 0 Å². The number of nitrogens with one attached hydrogen (secondary N) is 2. The SMILES string of the molecule is CCOc1ccccc1C(=O)NCC(=O)NCc1cccc(C)c1. The van der Waals surface area contributed by atoms with Crippen LogP contribution in [-0.2, 0) is 11.3 Å². The van der Waals surface area contributed by atoms with Crippen LogP contribution in [0, 0.1) is 6.92 Å². The molecule has 0 aromatic heterocycles. The number of rotatable bonds is 7. The molecular formula is C19H22N2O3. The number of hydrogen-bond donors (Lipinski definition) is 2. The van der Waals surface area contributed by atoms with Gasteiger partial charge in [-0.1, -0.05) is 42.0 Å². The van der Waals surface area contributed by atoms with Crippen molar-refractivity contribution >= 4 is 11.8 Å². The summed E-state index contributed by atoms with van der Waals surface area (Å²) in [4.78, 5) is 24.1. The number of aryl methyl sites for hydroxylation is 1. The van der Waals surface area contributed by atoms with Crippen LogP contribution in [0.4, 0.5) is 0 Å². The number of carbonyl (C=O) groups excluding carboxylic acids is 2. The van der Waals surface area contributed by atoms with Crippen molar-refractivity contribution < 1.29 is 14.3 Å². The van der Waals surface area contributed by atoms with E-state index in [0.717, 1.165) is 11.1 Å². The molecule has 2 aromatic carbocycles. The number of hydrogen-bond acceptors (Lipinski definition) is 3. The number of para-hydroxylation sites is 1. The molecule has 2 amide bonds. The maximum absolute atomic E-state index is 12.2. The Morgan fingerprint density at radius 1 is 1.04 bits per heavy atom. The van der Waals surface area contributed by atoms with Gasteiger partial charge in [0.05, 0.1) is 18.7 Å². The van der Waals surface area contributed by atoms with Crippen LogP contribution in [-0.4, -0.2) is 25.0 Å². The van der Waals surface area contributed by atoms with Gasteiger partial charge in [0.15, 0.2) is 0 Å². The summed E-state index contributed by atoms with van der Waals surface area (Å²) in [5.74, 6) is -0.0545. The topological polar surface area (TPSA) is 67.4 Å². The first-order chi connectivity index (χ1) is 11.6. The van der Waals surface area contributed by atoms with E-state index in [1.807, 2.05) is 38.1 Å². The van der Waals surface area contributed by atoms with Crippen LogP contribution < -0.4 is 15.4 Å². The van der Waals surface area contributed by atoms with Crippen molar-refractivity contribution in [2.75, 3.05) is 13.2 Å². The number of carbonyl (C=O) groups is 2. The van der Waals surface area contributed by atoms with E-state index in [1.54, 1.807) is 24.3 Å². The first-order valence-corrected chi connectivity index (χ1v) is 7.92.